The maximum absolute atomic E-state index is 12.3. The molecule has 1 aromatic heterocycles. The van der Waals surface area contributed by atoms with Crippen molar-refractivity contribution in [2.45, 2.75) is 26.7 Å². The van der Waals surface area contributed by atoms with Gasteiger partial charge in [0.1, 0.15) is 10.6 Å². The van der Waals surface area contributed by atoms with E-state index in [0.717, 1.165) is 17.5 Å². The van der Waals surface area contributed by atoms with Crippen LogP contribution in [0, 0.1) is 0 Å². The molecule has 1 aromatic carbocycles. The predicted octanol–water partition coefficient (Wildman–Crippen LogP) is 4.98. The van der Waals surface area contributed by atoms with Crippen molar-refractivity contribution < 1.29 is 14.3 Å². The van der Waals surface area contributed by atoms with Gasteiger partial charge in [0.15, 0.2) is 0 Å². The maximum Gasteiger partial charge on any atom is 0.341 e. The summed E-state index contributed by atoms with van der Waals surface area (Å²) in [6.07, 6.45) is 1.16. The van der Waals surface area contributed by atoms with E-state index in [2.05, 4.69) is 5.32 Å². The van der Waals surface area contributed by atoms with Crippen molar-refractivity contribution in [1.29, 1.82) is 0 Å². The first kappa shape index (κ1) is 17.5. The van der Waals surface area contributed by atoms with Crippen LogP contribution in [0.2, 0.25) is 5.02 Å². The molecule has 2 aromatic rings. The molecule has 0 fully saturated rings. The fraction of sp³-hybridized carbons (Fsp3) is 0.294. The number of nitrogens with one attached hydrogen (secondary N) is 1. The molecule has 0 bridgehead atoms. The summed E-state index contributed by atoms with van der Waals surface area (Å²) in [5.41, 5.74) is 1.98. The number of carbonyl (C=O) groups excluding carboxylic acids is 2. The Morgan fingerprint density at radius 3 is 2.52 bits per heavy atom. The molecule has 122 valence electrons. The van der Waals surface area contributed by atoms with E-state index in [1.165, 1.54) is 11.3 Å². The van der Waals surface area contributed by atoms with Crippen molar-refractivity contribution in [3.63, 3.8) is 0 Å². The number of amides is 1. The van der Waals surface area contributed by atoms with E-state index < -0.39 is 5.97 Å². The van der Waals surface area contributed by atoms with Gasteiger partial charge in [-0.25, -0.2) is 4.79 Å². The predicted molar refractivity (Wildman–Crippen MR) is 94.3 cm³/mol. The molecule has 1 amide bonds. The SMILES string of the molecule is CCCC(=O)Nc1scc(-c2ccc(Cl)cc2)c1C(=O)OCC. The second-order valence-electron chi connectivity index (χ2n) is 4.88. The molecular formula is C17H18ClNO3S. The highest BCUT2D eigenvalue weighted by Crippen LogP contribution is 2.36. The lowest BCUT2D eigenvalue weighted by Crippen LogP contribution is -2.14. The number of hydrogen-bond donors (Lipinski definition) is 1. The monoisotopic (exact) mass is 351 g/mol. The number of benzene rings is 1. The summed E-state index contributed by atoms with van der Waals surface area (Å²) >= 11 is 7.23. The molecule has 0 aliphatic carbocycles. The van der Waals surface area contributed by atoms with Gasteiger partial charge in [-0.1, -0.05) is 30.7 Å². The van der Waals surface area contributed by atoms with E-state index in [1.54, 1.807) is 19.1 Å². The fourth-order valence-corrected chi connectivity index (χ4v) is 3.21. The van der Waals surface area contributed by atoms with Crippen LogP contribution in [0.15, 0.2) is 29.6 Å². The van der Waals surface area contributed by atoms with Gasteiger partial charge < -0.3 is 10.1 Å². The number of thiophene rings is 1. The third kappa shape index (κ3) is 4.33. The van der Waals surface area contributed by atoms with Gasteiger partial charge in [-0.3, -0.25) is 4.79 Å². The van der Waals surface area contributed by atoms with Crippen LogP contribution in [-0.2, 0) is 9.53 Å². The first-order valence-electron chi connectivity index (χ1n) is 7.41. The van der Waals surface area contributed by atoms with Crippen LogP contribution >= 0.6 is 22.9 Å². The Morgan fingerprint density at radius 2 is 1.91 bits per heavy atom. The molecule has 2 rings (SSSR count). The summed E-state index contributed by atoms with van der Waals surface area (Å²) in [4.78, 5) is 24.2. The minimum absolute atomic E-state index is 0.109. The van der Waals surface area contributed by atoms with Crippen molar-refractivity contribution in [3.8, 4) is 11.1 Å². The van der Waals surface area contributed by atoms with E-state index in [4.69, 9.17) is 16.3 Å². The molecule has 0 aliphatic heterocycles. The zero-order chi connectivity index (χ0) is 16.8. The minimum atomic E-state index is -0.439. The van der Waals surface area contributed by atoms with Gasteiger partial charge in [0.05, 0.1) is 6.61 Å². The summed E-state index contributed by atoms with van der Waals surface area (Å²) in [6, 6.07) is 7.20. The van der Waals surface area contributed by atoms with Crippen molar-refractivity contribution in [2.24, 2.45) is 0 Å². The second-order valence-corrected chi connectivity index (χ2v) is 6.20. The average molecular weight is 352 g/mol. The quantitative estimate of drug-likeness (QED) is 0.746. The third-order valence-electron chi connectivity index (χ3n) is 3.16. The van der Waals surface area contributed by atoms with Gasteiger partial charge in [-0.15, -0.1) is 11.3 Å². The minimum Gasteiger partial charge on any atom is -0.462 e. The van der Waals surface area contributed by atoms with E-state index in [9.17, 15) is 9.59 Å². The second kappa shape index (κ2) is 8.13. The number of hydrogen-bond acceptors (Lipinski definition) is 4. The van der Waals surface area contributed by atoms with Crippen LogP contribution in [-0.4, -0.2) is 18.5 Å². The summed E-state index contributed by atoms with van der Waals surface area (Å²) in [5, 5.41) is 5.79. The lowest BCUT2D eigenvalue weighted by molar-refractivity contribution is -0.116. The molecule has 0 saturated carbocycles. The van der Waals surface area contributed by atoms with Crippen LogP contribution in [0.5, 0.6) is 0 Å². The smallest absolute Gasteiger partial charge is 0.341 e. The molecule has 0 spiro atoms. The largest absolute Gasteiger partial charge is 0.462 e. The first-order chi connectivity index (χ1) is 11.1. The number of carbonyl (C=O) groups is 2. The summed E-state index contributed by atoms with van der Waals surface area (Å²) < 4.78 is 5.14. The van der Waals surface area contributed by atoms with Crippen LogP contribution in [0.4, 0.5) is 5.00 Å². The molecule has 0 aliphatic rings. The molecule has 0 radical (unpaired) electrons. The number of esters is 1. The van der Waals surface area contributed by atoms with Crippen molar-refractivity contribution in [3.05, 3.63) is 40.2 Å². The van der Waals surface area contributed by atoms with E-state index >= 15 is 0 Å². The zero-order valence-corrected chi connectivity index (χ0v) is 14.6. The van der Waals surface area contributed by atoms with Crippen molar-refractivity contribution >= 4 is 39.8 Å². The Kier molecular flexibility index (Phi) is 6.19. The van der Waals surface area contributed by atoms with Gasteiger partial charge in [0.25, 0.3) is 0 Å². The summed E-state index contributed by atoms with van der Waals surface area (Å²) in [6.45, 7) is 3.96. The van der Waals surface area contributed by atoms with Gasteiger partial charge in [-0.05, 0) is 31.0 Å². The van der Waals surface area contributed by atoms with Gasteiger partial charge in [0, 0.05) is 22.4 Å². The van der Waals surface area contributed by atoms with E-state index in [1.807, 2.05) is 24.4 Å². The van der Waals surface area contributed by atoms with Crippen molar-refractivity contribution in [1.82, 2.24) is 0 Å². The lowest BCUT2D eigenvalue weighted by atomic mass is 10.0. The molecule has 23 heavy (non-hydrogen) atoms. The highest BCUT2D eigenvalue weighted by Gasteiger charge is 2.22. The fourth-order valence-electron chi connectivity index (χ4n) is 2.11. The number of ether oxygens (including phenoxy) is 1. The van der Waals surface area contributed by atoms with Crippen LogP contribution in [0.1, 0.15) is 37.0 Å². The van der Waals surface area contributed by atoms with Crippen molar-refractivity contribution in [2.75, 3.05) is 11.9 Å². The average Bonchev–Trinajstić information content (AvgIpc) is 2.92. The van der Waals surface area contributed by atoms with Gasteiger partial charge in [0.2, 0.25) is 5.91 Å². The topological polar surface area (TPSA) is 55.4 Å². The van der Waals surface area contributed by atoms with E-state index in [0.29, 0.717) is 22.0 Å². The molecule has 4 nitrogen and oxygen atoms in total. The Balaban J connectivity index is 2.42. The normalized spacial score (nSPS) is 10.4. The van der Waals surface area contributed by atoms with Gasteiger partial charge >= 0.3 is 5.97 Å². The van der Waals surface area contributed by atoms with Crippen LogP contribution < -0.4 is 5.32 Å². The standard InChI is InChI=1S/C17H18ClNO3S/c1-3-5-14(20)19-16-15(17(21)22-4-2)13(10-23-16)11-6-8-12(18)9-7-11/h6-10H,3-5H2,1-2H3,(H,19,20). The molecule has 1 heterocycles. The highest BCUT2D eigenvalue weighted by molar-refractivity contribution is 7.15. The molecular weight excluding hydrogens is 334 g/mol. The van der Waals surface area contributed by atoms with Crippen LogP contribution in [0.25, 0.3) is 11.1 Å². The van der Waals surface area contributed by atoms with E-state index in [-0.39, 0.29) is 12.5 Å². The summed E-state index contributed by atoms with van der Waals surface area (Å²) in [7, 11) is 0. The lowest BCUT2D eigenvalue weighted by Gasteiger charge is -2.08. The number of anilines is 1. The number of halogens is 1. The molecule has 0 unspecified atom stereocenters. The Labute approximate surface area is 144 Å². The molecule has 6 heteroatoms. The third-order valence-corrected chi connectivity index (χ3v) is 4.30. The molecule has 0 atom stereocenters. The highest BCUT2D eigenvalue weighted by atomic mass is 35.5. The number of rotatable bonds is 6. The molecule has 1 N–H and O–H groups in total. The Bertz CT molecular complexity index is 694. The zero-order valence-electron chi connectivity index (χ0n) is 13.0. The maximum atomic E-state index is 12.3. The summed E-state index contributed by atoms with van der Waals surface area (Å²) in [5.74, 6) is -0.548. The van der Waals surface area contributed by atoms with Crippen LogP contribution in [0.3, 0.4) is 0 Å². The Hall–Kier alpha value is -1.85. The first-order valence-corrected chi connectivity index (χ1v) is 8.67. The van der Waals surface area contributed by atoms with Gasteiger partial charge in [-0.2, -0.15) is 0 Å². The molecule has 0 saturated heterocycles. The Morgan fingerprint density at radius 1 is 1.22 bits per heavy atom.